The van der Waals surface area contributed by atoms with E-state index in [2.05, 4.69) is 20.8 Å². The van der Waals surface area contributed by atoms with Crippen LogP contribution in [0.5, 0.6) is 0 Å². The number of nitrogens with zero attached hydrogens (tertiary/aromatic N) is 4. The zero-order chi connectivity index (χ0) is 14.4. The molecule has 0 atom stereocenters. The lowest BCUT2D eigenvalue weighted by molar-refractivity contribution is 0.199. The topological polar surface area (TPSA) is 64.9 Å². The van der Waals surface area contributed by atoms with Crippen LogP contribution < -0.4 is 5.32 Å². The zero-order valence-electron chi connectivity index (χ0n) is 11.3. The average Bonchev–Trinajstić information content (AvgIpc) is 2.83. The van der Waals surface area contributed by atoms with Crippen molar-refractivity contribution in [3.63, 3.8) is 0 Å². The Balaban J connectivity index is 2.09. The number of hydrogen-bond acceptors (Lipinski definition) is 6. The van der Waals surface area contributed by atoms with Gasteiger partial charge in [-0.15, -0.1) is 5.10 Å². The second kappa shape index (κ2) is 7.32. The minimum Gasteiger partial charge on any atom is -0.383 e. The van der Waals surface area contributed by atoms with Gasteiger partial charge in [-0.2, -0.15) is 0 Å². The molecule has 0 bridgehead atoms. The molecule has 0 aliphatic heterocycles. The van der Waals surface area contributed by atoms with Crippen molar-refractivity contribution in [3.8, 4) is 0 Å². The van der Waals surface area contributed by atoms with Crippen molar-refractivity contribution in [1.82, 2.24) is 25.5 Å². The fraction of sp³-hybridized carbons (Fsp3) is 0.417. The van der Waals surface area contributed by atoms with Crippen LogP contribution in [0.4, 0.5) is 4.39 Å². The smallest absolute Gasteiger partial charge is 0.213 e. The van der Waals surface area contributed by atoms with Gasteiger partial charge in [0.15, 0.2) is 0 Å². The van der Waals surface area contributed by atoms with Crippen LogP contribution in [0.3, 0.4) is 0 Å². The lowest BCUT2D eigenvalue weighted by atomic mass is 10.2. The number of tetrazole rings is 1. The molecule has 6 nitrogen and oxygen atoms in total. The molecule has 108 valence electrons. The van der Waals surface area contributed by atoms with Crippen molar-refractivity contribution in [1.29, 1.82) is 0 Å². The van der Waals surface area contributed by atoms with E-state index in [1.54, 1.807) is 24.9 Å². The lowest BCUT2D eigenvalue weighted by Gasteiger charge is -2.09. The number of aromatic nitrogens is 4. The molecular formula is C12H16FN5OS. The van der Waals surface area contributed by atoms with E-state index < -0.39 is 0 Å². The van der Waals surface area contributed by atoms with E-state index in [-0.39, 0.29) is 5.82 Å². The first-order chi connectivity index (χ1) is 9.70. The van der Waals surface area contributed by atoms with Gasteiger partial charge in [0.2, 0.25) is 5.16 Å². The zero-order valence-corrected chi connectivity index (χ0v) is 12.2. The number of aryl methyl sites for hydroxylation is 1. The fourth-order valence-electron chi connectivity index (χ4n) is 1.59. The van der Waals surface area contributed by atoms with E-state index in [1.165, 1.54) is 23.9 Å². The molecule has 20 heavy (non-hydrogen) atoms. The van der Waals surface area contributed by atoms with Gasteiger partial charge in [0, 0.05) is 32.1 Å². The highest BCUT2D eigenvalue weighted by atomic mass is 32.2. The van der Waals surface area contributed by atoms with Crippen LogP contribution in [0, 0.1) is 5.82 Å². The van der Waals surface area contributed by atoms with Crippen LogP contribution in [0.25, 0.3) is 0 Å². The molecule has 0 radical (unpaired) electrons. The molecule has 8 heteroatoms. The molecule has 1 aromatic carbocycles. The summed E-state index contributed by atoms with van der Waals surface area (Å²) in [6, 6.07) is 4.69. The van der Waals surface area contributed by atoms with Crippen LogP contribution in [-0.2, 0) is 18.3 Å². The van der Waals surface area contributed by atoms with Crippen molar-refractivity contribution in [3.05, 3.63) is 29.6 Å². The standard InChI is InChI=1S/C12H16FN5OS/c1-18-12(15-16-17-18)20-11-4-3-10(13)7-9(11)8-14-5-6-19-2/h3-4,7,14H,5-6,8H2,1-2H3. The predicted octanol–water partition coefficient (Wildman–Crippen LogP) is 1.24. The summed E-state index contributed by atoms with van der Waals surface area (Å²) in [5, 5.41) is 15.1. The molecule has 0 saturated heterocycles. The molecule has 0 aliphatic carbocycles. The minimum atomic E-state index is -0.256. The molecular weight excluding hydrogens is 281 g/mol. The van der Waals surface area contributed by atoms with Gasteiger partial charge in [0.25, 0.3) is 0 Å². The summed E-state index contributed by atoms with van der Waals surface area (Å²) in [5.74, 6) is -0.256. The first kappa shape index (κ1) is 14.9. The molecule has 0 unspecified atom stereocenters. The highest BCUT2D eigenvalue weighted by Gasteiger charge is 2.10. The lowest BCUT2D eigenvalue weighted by Crippen LogP contribution is -2.19. The molecule has 0 spiro atoms. The Morgan fingerprint density at radius 1 is 1.45 bits per heavy atom. The first-order valence-electron chi connectivity index (χ1n) is 6.09. The Kier molecular flexibility index (Phi) is 5.45. The Morgan fingerprint density at radius 2 is 2.30 bits per heavy atom. The average molecular weight is 297 g/mol. The normalized spacial score (nSPS) is 10.9. The van der Waals surface area contributed by atoms with Gasteiger partial charge < -0.3 is 10.1 Å². The highest BCUT2D eigenvalue weighted by molar-refractivity contribution is 7.99. The highest BCUT2D eigenvalue weighted by Crippen LogP contribution is 2.28. The molecule has 1 N–H and O–H groups in total. The molecule has 0 amide bonds. The van der Waals surface area contributed by atoms with E-state index in [0.29, 0.717) is 24.9 Å². The number of hydrogen-bond donors (Lipinski definition) is 1. The summed E-state index contributed by atoms with van der Waals surface area (Å²) < 4.78 is 19.9. The van der Waals surface area contributed by atoms with Gasteiger partial charge in [0.1, 0.15) is 5.82 Å². The van der Waals surface area contributed by atoms with Gasteiger partial charge in [-0.25, -0.2) is 9.07 Å². The second-order valence-corrected chi connectivity index (χ2v) is 5.12. The van der Waals surface area contributed by atoms with E-state index in [0.717, 1.165) is 10.5 Å². The molecule has 2 rings (SSSR count). The first-order valence-corrected chi connectivity index (χ1v) is 6.90. The second-order valence-electron chi connectivity index (χ2n) is 4.11. The molecule has 2 aromatic rings. The summed E-state index contributed by atoms with van der Waals surface area (Å²) in [7, 11) is 3.41. The fourth-order valence-corrected chi connectivity index (χ4v) is 2.43. The Hall–Kier alpha value is -1.51. The van der Waals surface area contributed by atoms with Crippen molar-refractivity contribution in [2.45, 2.75) is 16.6 Å². The summed E-state index contributed by atoms with van der Waals surface area (Å²) in [6.07, 6.45) is 0. The van der Waals surface area contributed by atoms with Crippen LogP contribution in [0.2, 0.25) is 0 Å². The maximum atomic E-state index is 13.4. The largest absolute Gasteiger partial charge is 0.383 e. The minimum absolute atomic E-state index is 0.256. The number of nitrogens with one attached hydrogen (secondary N) is 1. The number of ether oxygens (including phenoxy) is 1. The van der Waals surface area contributed by atoms with Gasteiger partial charge in [0.05, 0.1) is 6.61 Å². The molecule has 0 fully saturated rings. The van der Waals surface area contributed by atoms with Crippen molar-refractivity contribution >= 4 is 11.8 Å². The number of rotatable bonds is 7. The predicted molar refractivity (Wildman–Crippen MR) is 72.9 cm³/mol. The molecule has 1 heterocycles. The number of methoxy groups -OCH3 is 1. The van der Waals surface area contributed by atoms with Crippen LogP contribution in [0.15, 0.2) is 28.3 Å². The van der Waals surface area contributed by atoms with Gasteiger partial charge >= 0.3 is 0 Å². The van der Waals surface area contributed by atoms with E-state index in [9.17, 15) is 4.39 Å². The maximum Gasteiger partial charge on any atom is 0.213 e. The van der Waals surface area contributed by atoms with Crippen molar-refractivity contribution in [2.24, 2.45) is 7.05 Å². The number of benzene rings is 1. The van der Waals surface area contributed by atoms with Crippen LogP contribution >= 0.6 is 11.8 Å². The third-order valence-electron chi connectivity index (χ3n) is 2.60. The van der Waals surface area contributed by atoms with Crippen molar-refractivity contribution < 1.29 is 9.13 Å². The van der Waals surface area contributed by atoms with Gasteiger partial charge in [-0.05, 0) is 46.0 Å². The summed E-state index contributed by atoms with van der Waals surface area (Å²) >= 11 is 1.41. The van der Waals surface area contributed by atoms with Gasteiger partial charge in [-0.1, -0.05) is 0 Å². The Morgan fingerprint density at radius 3 is 3.00 bits per heavy atom. The quantitative estimate of drug-likeness (QED) is 0.776. The molecule has 0 saturated carbocycles. The molecule has 1 aromatic heterocycles. The SMILES string of the molecule is COCCNCc1cc(F)ccc1Sc1nnnn1C. The van der Waals surface area contributed by atoms with E-state index in [1.807, 2.05) is 0 Å². The Labute approximate surface area is 120 Å². The Bertz CT molecular complexity index is 563. The number of halogens is 1. The maximum absolute atomic E-state index is 13.4. The summed E-state index contributed by atoms with van der Waals surface area (Å²) in [4.78, 5) is 0.925. The van der Waals surface area contributed by atoms with Crippen molar-refractivity contribution in [2.75, 3.05) is 20.3 Å². The van der Waals surface area contributed by atoms with Crippen LogP contribution in [0.1, 0.15) is 5.56 Å². The van der Waals surface area contributed by atoms with E-state index in [4.69, 9.17) is 4.74 Å². The van der Waals surface area contributed by atoms with E-state index >= 15 is 0 Å². The summed E-state index contributed by atoms with van der Waals surface area (Å²) in [5.41, 5.74) is 0.870. The third-order valence-corrected chi connectivity index (χ3v) is 3.75. The monoisotopic (exact) mass is 297 g/mol. The third kappa shape index (κ3) is 3.99. The van der Waals surface area contributed by atoms with Gasteiger partial charge in [-0.3, -0.25) is 0 Å². The molecule has 0 aliphatic rings. The van der Waals surface area contributed by atoms with Crippen LogP contribution in [-0.4, -0.2) is 40.5 Å². The summed E-state index contributed by atoms with van der Waals surface area (Å²) in [6.45, 7) is 1.89.